The summed E-state index contributed by atoms with van der Waals surface area (Å²) in [4.78, 5) is 16.4. The highest BCUT2D eigenvalue weighted by Gasteiger charge is 2.17. The zero-order valence-corrected chi connectivity index (χ0v) is 12.9. The van der Waals surface area contributed by atoms with Gasteiger partial charge in [0, 0.05) is 23.6 Å². The molecule has 2 aromatic rings. The molecule has 1 heterocycles. The van der Waals surface area contributed by atoms with Gasteiger partial charge >= 0.3 is 0 Å². The second-order valence-corrected chi connectivity index (χ2v) is 5.87. The van der Waals surface area contributed by atoms with E-state index < -0.39 is 0 Å². The summed E-state index contributed by atoms with van der Waals surface area (Å²) in [5.41, 5.74) is 1.71. The molecule has 1 fully saturated rings. The smallest absolute Gasteiger partial charge is 0.270 e. The van der Waals surface area contributed by atoms with Crippen LogP contribution < -0.4 is 10.6 Å². The standard InChI is InChI=1S/C18H20FN3O/c19-13-5-4-8-15(11-13)21-16-9-10-20-17(12-16)18(23)22-14-6-2-1-3-7-14/h4-5,8-12,14H,1-3,6-7H2,(H,20,21)(H,22,23). The molecule has 2 N–H and O–H groups in total. The van der Waals surface area contributed by atoms with Crippen LogP contribution in [0.3, 0.4) is 0 Å². The van der Waals surface area contributed by atoms with Crippen LogP contribution in [0.15, 0.2) is 42.6 Å². The summed E-state index contributed by atoms with van der Waals surface area (Å²) < 4.78 is 13.2. The van der Waals surface area contributed by atoms with E-state index in [4.69, 9.17) is 0 Å². The van der Waals surface area contributed by atoms with E-state index in [1.54, 1.807) is 30.5 Å². The van der Waals surface area contributed by atoms with Crippen molar-refractivity contribution >= 4 is 17.3 Å². The largest absolute Gasteiger partial charge is 0.355 e. The Kier molecular flexibility index (Phi) is 4.86. The lowest BCUT2D eigenvalue weighted by Gasteiger charge is -2.22. The summed E-state index contributed by atoms with van der Waals surface area (Å²) in [5, 5.41) is 6.13. The number of carbonyl (C=O) groups excluding carboxylic acids is 1. The summed E-state index contributed by atoms with van der Waals surface area (Å²) in [6.07, 6.45) is 7.23. The van der Waals surface area contributed by atoms with Crippen LogP contribution in [0.2, 0.25) is 0 Å². The van der Waals surface area contributed by atoms with E-state index in [-0.39, 0.29) is 17.8 Å². The summed E-state index contributed by atoms with van der Waals surface area (Å²) in [6.45, 7) is 0. The minimum absolute atomic E-state index is 0.153. The van der Waals surface area contributed by atoms with Gasteiger partial charge in [0.2, 0.25) is 0 Å². The van der Waals surface area contributed by atoms with Crippen molar-refractivity contribution in [3.63, 3.8) is 0 Å². The van der Waals surface area contributed by atoms with E-state index in [1.165, 1.54) is 31.4 Å². The van der Waals surface area contributed by atoms with Crippen molar-refractivity contribution in [3.05, 3.63) is 54.1 Å². The maximum absolute atomic E-state index is 13.2. The van der Waals surface area contributed by atoms with Crippen molar-refractivity contribution in [3.8, 4) is 0 Å². The third-order valence-electron chi connectivity index (χ3n) is 4.05. The number of hydrogen-bond donors (Lipinski definition) is 2. The highest BCUT2D eigenvalue weighted by atomic mass is 19.1. The van der Waals surface area contributed by atoms with Crippen molar-refractivity contribution in [2.24, 2.45) is 0 Å². The van der Waals surface area contributed by atoms with Crippen molar-refractivity contribution < 1.29 is 9.18 Å². The fourth-order valence-corrected chi connectivity index (χ4v) is 2.87. The Bertz CT molecular complexity index is 683. The SMILES string of the molecule is O=C(NC1CCCCC1)c1cc(Nc2cccc(F)c2)ccn1. The number of amides is 1. The van der Waals surface area contributed by atoms with Gasteiger partial charge in [0.15, 0.2) is 0 Å². The fraction of sp³-hybridized carbons (Fsp3) is 0.333. The third kappa shape index (κ3) is 4.28. The molecule has 0 saturated heterocycles. The molecule has 0 radical (unpaired) electrons. The molecule has 0 spiro atoms. The molecule has 1 saturated carbocycles. The van der Waals surface area contributed by atoms with Crippen LogP contribution in [0, 0.1) is 5.82 Å². The molecule has 0 atom stereocenters. The van der Waals surface area contributed by atoms with Gasteiger partial charge in [-0.25, -0.2) is 4.39 Å². The van der Waals surface area contributed by atoms with E-state index in [0.29, 0.717) is 17.1 Å². The van der Waals surface area contributed by atoms with E-state index >= 15 is 0 Å². The maximum atomic E-state index is 13.2. The van der Waals surface area contributed by atoms with Crippen LogP contribution in [0.25, 0.3) is 0 Å². The van der Waals surface area contributed by atoms with Gasteiger partial charge in [-0.2, -0.15) is 0 Å². The third-order valence-corrected chi connectivity index (χ3v) is 4.05. The summed E-state index contributed by atoms with van der Waals surface area (Å²) >= 11 is 0. The fourth-order valence-electron chi connectivity index (χ4n) is 2.87. The minimum Gasteiger partial charge on any atom is -0.355 e. The second kappa shape index (κ2) is 7.22. The van der Waals surface area contributed by atoms with Crippen molar-refractivity contribution in [1.29, 1.82) is 0 Å². The van der Waals surface area contributed by atoms with Gasteiger partial charge in [-0.15, -0.1) is 0 Å². The molecule has 120 valence electrons. The van der Waals surface area contributed by atoms with Gasteiger partial charge in [0.1, 0.15) is 11.5 Å². The number of halogens is 1. The number of carbonyl (C=O) groups is 1. The topological polar surface area (TPSA) is 54.0 Å². The molecule has 1 aromatic carbocycles. The van der Waals surface area contributed by atoms with E-state index in [0.717, 1.165) is 12.8 Å². The molecule has 23 heavy (non-hydrogen) atoms. The minimum atomic E-state index is -0.306. The molecule has 3 rings (SSSR count). The van der Waals surface area contributed by atoms with Gasteiger partial charge in [0.05, 0.1) is 0 Å². The highest BCUT2D eigenvalue weighted by molar-refractivity contribution is 5.93. The molecule has 0 aliphatic heterocycles. The maximum Gasteiger partial charge on any atom is 0.270 e. The number of aromatic nitrogens is 1. The second-order valence-electron chi connectivity index (χ2n) is 5.87. The van der Waals surface area contributed by atoms with E-state index in [2.05, 4.69) is 15.6 Å². The lowest BCUT2D eigenvalue weighted by atomic mass is 9.95. The van der Waals surface area contributed by atoms with Crippen molar-refractivity contribution in [2.45, 2.75) is 38.1 Å². The van der Waals surface area contributed by atoms with Crippen LogP contribution in [-0.4, -0.2) is 16.9 Å². The Morgan fingerprint density at radius 1 is 1.09 bits per heavy atom. The number of rotatable bonds is 4. The monoisotopic (exact) mass is 313 g/mol. The van der Waals surface area contributed by atoms with E-state index in [1.807, 2.05) is 0 Å². The highest BCUT2D eigenvalue weighted by Crippen LogP contribution is 2.19. The first-order valence-electron chi connectivity index (χ1n) is 8.00. The van der Waals surface area contributed by atoms with Crippen LogP contribution in [0.5, 0.6) is 0 Å². The van der Waals surface area contributed by atoms with Gasteiger partial charge in [0.25, 0.3) is 5.91 Å². The van der Waals surface area contributed by atoms with Crippen LogP contribution in [0.1, 0.15) is 42.6 Å². The molecule has 1 aliphatic rings. The molecule has 0 bridgehead atoms. The normalized spacial score (nSPS) is 15.2. The van der Waals surface area contributed by atoms with Crippen LogP contribution >= 0.6 is 0 Å². The number of hydrogen-bond acceptors (Lipinski definition) is 3. The number of benzene rings is 1. The molecular formula is C18H20FN3O. The Hall–Kier alpha value is -2.43. The summed E-state index contributed by atoms with van der Waals surface area (Å²) in [5.74, 6) is -0.459. The average molecular weight is 313 g/mol. The summed E-state index contributed by atoms with van der Waals surface area (Å²) in [7, 11) is 0. The predicted molar refractivity (Wildman–Crippen MR) is 88.3 cm³/mol. The molecular weight excluding hydrogens is 293 g/mol. The molecule has 4 nitrogen and oxygen atoms in total. The zero-order chi connectivity index (χ0) is 16.1. The molecule has 0 unspecified atom stereocenters. The summed E-state index contributed by atoms with van der Waals surface area (Å²) in [6, 6.07) is 9.88. The van der Waals surface area contributed by atoms with Crippen LogP contribution in [0.4, 0.5) is 15.8 Å². The Labute approximate surface area is 135 Å². The van der Waals surface area contributed by atoms with E-state index in [9.17, 15) is 9.18 Å². The Morgan fingerprint density at radius 3 is 2.65 bits per heavy atom. The number of pyridine rings is 1. The molecule has 1 aliphatic carbocycles. The van der Waals surface area contributed by atoms with Gasteiger partial charge in [-0.05, 0) is 43.2 Å². The molecule has 1 aromatic heterocycles. The first-order chi connectivity index (χ1) is 11.2. The molecule has 5 heteroatoms. The first-order valence-corrected chi connectivity index (χ1v) is 8.00. The van der Waals surface area contributed by atoms with Crippen LogP contribution in [-0.2, 0) is 0 Å². The van der Waals surface area contributed by atoms with Crippen molar-refractivity contribution in [2.75, 3.05) is 5.32 Å². The average Bonchev–Trinajstić information content (AvgIpc) is 2.56. The quantitative estimate of drug-likeness (QED) is 0.896. The predicted octanol–water partition coefficient (Wildman–Crippen LogP) is 4.03. The number of anilines is 2. The molecule has 1 amide bonds. The van der Waals surface area contributed by atoms with Gasteiger partial charge in [-0.3, -0.25) is 9.78 Å². The number of nitrogens with zero attached hydrogens (tertiary/aromatic N) is 1. The van der Waals surface area contributed by atoms with Gasteiger partial charge < -0.3 is 10.6 Å². The lowest BCUT2D eigenvalue weighted by molar-refractivity contribution is 0.0922. The van der Waals surface area contributed by atoms with Crippen molar-refractivity contribution in [1.82, 2.24) is 10.3 Å². The lowest BCUT2D eigenvalue weighted by Crippen LogP contribution is -2.36. The first kappa shape index (κ1) is 15.5. The Balaban J connectivity index is 1.67. The Morgan fingerprint density at radius 2 is 1.87 bits per heavy atom. The number of nitrogens with one attached hydrogen (secondary N) is 2. The zero-order valence-electron chi connectivity index (χ0n) is 12.9. The van der Waals surface area contributed by atoms with Gasteiger partial charge in [-0.1, -0.05) is 25.3 Å².